The van der Waals surface area contributed by atoms with Crippen molar-refractivity contribution in [3.05, 3.63) is 63.3 Å². The number of methoxy groups -OCH3 is 2. The summed E-state index contributed by atoms with van der Waals surface area (Å²) in [7, 11) is 3.36. The maximum Gasteiger partial charge on any atom is 0.182 e. The highest BCUT2D eigenvalue weighted by Gasteiger charge is 2.36. The quantitative estimate of drug-likeness (QED) is 0.330. The second-order valence-corrected chi connectivity index (χ2v) is 9.41. The van der Waals surface area contributed by atoms with Gasteiger partial charge in [-0.2, -0.15) is 0 Å². The van der Waals surface area contributed by atoms with Crippen molar-refractivity contribution in [2.75, 3.05) is 27.3 Å². The van der Waals surface area contributed by atoms with Gasteiger partial charge in [-0.15, -0.1) is 0 Å². The van der Waals surface area contributed by atoms with Gasteiger partial charge < -0.3 is 14.4 Å². The summed E-state index contributed by atoms with van der Waals surface area (Å²) in [5.41, 5.74) is 7.64. The smallest absolute Gasteiger partial charge is 0.182 e. The zero-order valence-electron chi connectivity index (χ0n) is 22.8. The van der Waals surface area contributed by atoms with Crippen LogP contribution in [-0.4, -0.2) is 44.3 Å². The molecule has 0 spiro atoms. The molecule has 0 aromatic heterocycles. The number of ketones is 1. The molecule has 5 nitrogen and oxygen atoms in total. The fourth-order valence-electron chi connectivity index (χ4n) is 5.28. The Labute approximate surface area is 216 Å². The molecule has 2 aromatic rings. The van der Waals surface area contributed by atoms with Crippen molar-refractivity contribution in [1.29, 1.82) is 0 Å². The van der Waals surface area contributed by atoms with E-state index in [9.17, 15) is 9.59 Å². The number of hydrogen-bond donors (Lipinski definition) is 0. The lowest BCUT2D eigenvalue weighted by Crippen LogP contribution is -2.45. The molecule has 0 N–H and O–H groups in total. The van der Waals surface area contributed by atoms with Gasteiger partial charge in [0.05, 0.1) is 19.9 Å². The van der Waals surface area contributed by atoms with Crippen LogP contribution >= 0.6 is 0 Å². The van der Waals surface area contributed by atoms with Crippen LogP contribution in [0.5, 0.6) is 11.5 Å². The molecule has 2 bridgehead atoms. The summed E-state index contributed by atoms with van der Waals surface area (Å²) in [5, 5.41) is 0. The Kier molecular flexibility index (Phi) is 9.74. The normalized spacial score (nSPS) is 16.1. The summed E-state index contributed by atoms with van der Waals surface area (Å²) in [5.74, 6) is 2.35. The Bertz CT molecular complexity index is 1060. The van der Waals surface area contributed by atoms with Crippen LogP contribution in [0.3, 0.4) is 0 Å². The lowest BCUT2D eigenvalue weighted by atomic mass is 9.83. The Morgan fingerprint density at radius 2 is 1.19 bits per heavy atom. The molecule has 3 saturated heterocycles. The van der Waals surface area contributed by atoms with Gasteiger partial charge in [0.1, 0.15) is 11.5 Å². The average Bonchev–Trinajstić information content (AvgIpc) is 2.94. The molecule has 3 heterocycles. The minimum Gasteiger partial charge on any atom is -0.497 e. The van der Waals surface area contributed by atoms with Crippen LogP contribution in [0, 0.1) is 5.92 Å². The molecule has 36 heavy (non-hydrogen) atoms. The molecule has 0 atom stereocenters. The number of aryl methyl sites for hydroxylation is 4. The van der Waals surface area contributed by atoms with Gasteiger partial charge in [-0.05, 0) is 96.7 Å². The van der Waals surface area contributed by atoms with Gasteiger partial charge in [0.15, 0.2) is 12.1 Å². The van der Waals surface area contributed by atoms with Gasteiger partial charge in [0, 0.05) is 24.6 Å². The van der Waals surface area contributed by atoms with Crippen molar-refractivity contribution in [3.63, 3.8) is 0 Å². The van der Waals surface area contributed by atoms with E-state index in [0.29, 0.717) is 5.78 Å². The lowest BCUT2D eigenvalue weighted by Gasteiger charge is -2.41. The first-order valence-corrected chi connectivity index (χ1v) is 13.3. The van der Waals surface area contributed by atoms with Crippen molar-refractivity contribution in [2.24, 2.45) is 5.92 Å². The summed E-state index contributed by atoms with van der Waals surface area (Å²) in [6, 6.07) is 8.07. The first-order chi connectivity index (χ1) is 17.4. The van der Waals surface area contributed by atoms with Gasteiger partial charge in [-0.25, -0.2) is 0 Å². The van der Waals surface area contributed by atoms with Crippen LogP contribution in [0.4, 0.5) is 0 Å². The highest BCUT2D eigenvalue weighted by atomic mass is 16.5. The number of ether oxygens (including phenoxy) is 2. The number of nitrogens with zero attached hydrogens (tertiary/aromatic N) is 1. The van der Waals surface area contributed by atoms with E-state index >= 15 is 0 Å². The molecule has 3 fully saturated rings. The van der Waals surface area contributed by atoms with E-state index in [1.807, 2.05) is 26.0 Å². The zero-order valence-corrected chi connectivity index (χ0v) is 22.8. The van der Waals surface area contributed by atoms with E-state index in [0.717, 1.165) is 91.8 Å². The lowest BCUT2D eigenvalue weighted by molar-refractivity contribution is -0.125. The third kappa shape index (κ3) is 5.83. The first-order valence-electron chi connectivity index (χ1n) is 13.3. The Hall–Kier alpha value is -3.08. The molecule has 0 radical (unpaired) electrons. The molecule has 3 aliphatic heterocycles. The van der Waals surface area contributed by atoms with Crippen molar-refractivity contribution in [3.8, 4) is 11.5 Å². The molecular weight excluding hydrogens is 450 g/mol. The molecular formula is C31H41NO4. The standard InChI is InChI=1S/C19H25NO2.C12H16O2/c1-4-13-10-16(22-3)11-14(5-2)17(13)12-18-19(21)15-6-8-20(18)9-7-15;1-4-9-6-11(14-3)7-10(5-2)12(9)8-13/h10-12,15H,4-9H2,1-3H3;6-8H,4-5H2,1-3H3. The predicted molar refractivity (Wildman–Crippen MR) is 146 cm³/mol. The number of fused-ring (bicyclic) bond motifs is 3. The van der Waals surface area contributed by atoms with Crippen LogP contribution < -0.4 is 9.47 Å². The molecule has 2 aromatic carbocycles. The average molecular weight is 492 g/mol. The number of rotatable bonds is 8. The minimum absolute atomic E-state index is 0.254. The minimum atomic E-state index is 0.254. The van der Waals surface area contributed by atoms with Gasteiger partial charge in [0.2, 0.25) is 0 Å². The Morgan fingerprint density at radius 3 is 1.53 bits per heavy atom. The first kappa shape index (κ1) is 27.5. The van der Waals surface area contributed by atoms with Crippen LogP contribution in [0.1, 0.15) is 78.7 Å². The van der Waals surface area contributed by atoms with Crippen LogP contribution in [0.25, 0.3) is 6.08 Å². The highest BCUT2D eigenvalue weighted by molar-refractivity contribution is 6.02. The van der Waals surface area contributed by atoms with Gasteiger partial charge >= 0.3 is 0 Å². The second-order valence-electron chi connectivity index (χ2n) is 9.41. The summed E-state index contributed by atoms with van der Waals surface area (Å²) >= 11 is 0. The number of piperidine rings is 3. The van der Waals surface area contributed by atoms with Gasteiger partial charge in [-0.1, -0.05) is 27.7 Å². The largest absolute Gasteiger partial charge is 0.497 e. The Morgan fingerprint density at radius 1 is 0.778 bits per heavy atom. The summed E-state index contributed by atoms with van der Waals surface area (Å²) < 4.78 is 10.6. The molecule has 3 aliphatic rings. The number of aldehydes is 1. The van der Waals surface area contributed by atoms with Gasteiger partial charge in [-0.3, -0.25) is 9.59 Å². The van der Waals surface area contributed by atoms with E-state index in [4.69, 9.17) is 9.47 Å². The van der Waals surface area contributed by atoms with Crippen LogP contribution in [0.2, 0.25) is 0 Å². The summed E-state index contributed by atoms with van der Waals surface area (Å²) in [6.07, 6.45) is 8.75. The number of carbonyl (C=O) groups excluding carboxylic acids is 2. The summed E-state index contributed by atoms with van der Waals surface area (Å²) in [4.78, 5) is 25.8. The van der Waals surface area contributed by atoms with Gasteiger partial charge in [0.25, 0.3) is 0 Å². The maximum atomic E-state index is 12.6. The Balaban J connectivity index is 0.000000223. The highest BCUT2D eigenvalue weighted by Crippen LogP contribution is 2.34. The van der Waals surface area contributed by atoms with E-state index in [1.54, 1.807) is 14.2 Å². The molecule has 5 rings (SSSR count). The predicted octanol–water partition coefficient (Wildman–Crippen LogP) is 6.09. The number of allylic oxidation sites excluding steroid dienone is 1. The molecule has 0 saturated carbocycles. The van der Waals surface area contributed by atoms with Crippen molar-refractivity contribution in [1.82, 2.24) is 4.90 Å². The molecule has 194 valence electrons. The van der Waals surface area contributed by atoms with Crippen molar-refractivity contribution in [2.45, 2.75) is 66.2 Å². The number of benzene rings is 2. The maximum absolute atomic E-state index is 12.6. The molecule has 0 amide bonds. The molecule has 0 unspecified atom stereocenters. The monoisotopic (exact) mass is 491 g/mol. The third-order valence-electron chi connectivity index (χ3n) is 7.50. The number of carbonyl (C=O) groups is 2. The SMILES string of the molecule is CCc1cc(OC)cc(CC)c1C=C1C(=O)C2CCN1CC2.CCc1cc(OC)cc(CC)c1C=O. The summed E-state index contributed by atoms with van der Waals surface area (Å²) in [6.45, 7) is 10.5. The van der Waals surface area contributed by atoms with Crippen LogP contribution in [-0.2, 0) is 30.5 Å². The van der Waals surface area contributed by atoms with E-state index in [1.165, 1.54) is 16.7 Å². The fraction of sp³-hybridized carbons (Fsp3) is 0.484. The van der Waals surface area contributed by atoms with E-state index in [-0.39, 0.29) is 5.92 Å². The van der Waals surface area contributed by atoms with Crippen molar-refractivity contribution < 1.29 is 19.1 Å². The van der Waals surface area contributed by atoms with E-state index in [2.05, 4.69) is 37.0 Å². The van der Waals surface area contributed by atoms with E-state index < -0.39 is 0 Å². The third-order valence-corrected chi connectivity index (χ3v) is 7.50. The van der Waals surface area contributed by atoms with Crippen LogP contribution in [0.15, 0.2) is 30.0 Å². The molecule has 5 heteroatoms. The van der Waals surface area contributed by atoms with Crippen molar-refractivity contribution >= 4 is 18.1 Å². The number of Topliss-reactive ketones (excluding diaryl/α,β-unsaturated/α-hetero) is 1. The number of hydrogen-bond acceptors (Lipinski definition) is 5. The fourth-order valence-corrected chi connectivity index (χ4v) is 5.28. The second kappa shape index (κ2) is 12.8. The molecule has 0 aliphatic carbocycles. The zero-order chi connectivity index (χ0) is 26.2. The topological polar surface area (TPSA) is 55.8 Å².